The van der Waals surface area contributed by atoms with Crippen LogP contribution in [0.5, 0.6) is 0 Å². The van der Waals surface area contributed by atoms with E-state index in [4.69, 9.17) is 15.3 Å². The summed E-state index contributed by atoms with van der Waals surface area (Å²) in [6.45, 7) is 4.30. The maximum absolute atomic E-state index is 12.8. The van der Waals surface area contributed by atoms with E-state index < -0.39 is 5.60 Å². The normalized spacial score (nSPS) is 18.0. The highest BCUT2D eigenvalue weighted by Gasteiger charge is 2.42. The first kappa shape index (κ1) is 25.6. The molecule has 176 valence electrons. The number of carbonyl (C=O) groups is 3. The molecule has 0 unspecified atom stereocenters. The Morgan fingerprint density at radius 1 is 1.25 bits per heavy atom. The smallest absolute Gasteiger partial charge is 0.305 e. The minimum atomic E-state index is -0.434. The van der Waals surface area contributed by atoms with Gasteiger partial charge in [0, 0.05) is 38.2 Å². The van der Waals surface area contributed by atoms with Gasteiger partial charge in [0.25, 0.3) is 5.91 Å². The van der Waals surface area contributed by atoms with Gasteiger partial charge in [-0.25, -0.2) is 0 Å². The third-order valence-corrected chi connectivity index (χ3v) is 5.79. The number of amides is 2. The van der Waals surface area contributed by atoms with Gasteiger partial charge in [-0.1, -0.05) is 12.1 Å². The van der Waals surface area contributed by atoms with E-state index in [1.54, 1.807) is 36.1 Å². The van der Waals surface area contributed by atoms with Crippen molar-refractivity contribution >= 4 is 36.4 Å². The molecule has 0 radical (unpaired) electrons. The molecule has 1 aromatic carbocycles. The Bertz CT molecular complexity index is 822. The van der Waals surface area contributed by atoms with Gasteiger partial charge < -0.3 is 25.1 Å². The molecule has 2 fully saturated rings. The maximum atomic E-state index is 12.8. The summed E-state index contributed by atoms with van der Waals surface area (Å²) in [6.07, 6.45) is 3.72. The van der Waals surface area contributed by atoms with Crippen molar-refractivity contribution in [1.82, 2.24) is 9.80 Å². The molecule has 2 aliphatic rings. The molecule has 9 nitrogen and oxygen atoms in total. The summed E-state index contributed by atoms with van der Waals surface area (Å²) < 4.78 is 10.9. The number of nitrogens with zero attached hydrogens (tertiary/aromatic N) is 3. The zero-order valence-corrected chi connectivity index (χ0v) is 19.1. The summed E-state index contributed by atoms with van der Waals surface area (Å²) in [5, 5.41) is 3.48. The fourth-order valence-electron chi connectivity index (χ4n) is 4.04. The van der Waals surface area contributed by atoms with Gasteiger partial charge in [0.2, 0.25) is 5.91 Å². The Kier molecular flexibility index (Phi) is 9.46. The van der Waals surface area contributed by atoms with Crippen molar-refractivity contribution in [2.24, 2.45) is 10.9 Å². The van der Waals surface area contributed by atoms with Crippen LogP contribution in [0.4, 0.5) is 0 Å². The number of hydrogen-bond acceptors (Lipinski definition) is 7. The minimum absolute atomic E-state index is 0. The van der Waals surface area contributed by atoms with Crippen LogP contribution in [0, 0.1) is 0 Å². The van der Waals surface area contributed by atoms with Gasteiger partial charge in [0.1, 0.15) is 6.61 Å². The number of rotatable bonds is 7. The number of likely N-dealkylation sites (tertiary alicyclic amines) is 1. The fraction of sp³-hybridized carbons (Fsp3) is 0.545. The largest absolute Gasteiger partial charge is 0.466 e. The summed E-state index contributed by atoms with van der Waals surface area (Å²) >= 11 is 0. The van der Waals surface area contributed by atoms with Crippen LogP contribution in [0.25, 0.3) is 0 Å². The summed E-state index contributed by atoms with van der Waals surface area (Å²) in [5.74, 6) is 4.82. The van der Waals surface area contributed by atoms with Gasteiger partial charge in [0.15, 0.2) is 0 Å². The van der Waals surface area contributed by atoms with Crippen LogP contribution in [0.2, 0.25) is 0 Å². The Labute approximate surface area is 194 Å². The first-order valence-electron chi connectivity index (χ1n) is 10.7. The molecule has 3 rings (SSSR count). The van der Waals surface area contributed by atoms with Gasteiger partial charge in [-0.05, 0) is 43.9 Å². The number of esters is 1. The van der Waals surface area contributed by atoms with Crippen molar-refractivity contribution in [3.63, 3.8) is 0 Å². The lowest BCUT2D eigenvalue weighted by atomic mass is 9.88. The number of carbonyl (C=O) groups excluding carboxylic acids is 3. The Balaban J connectivity index is 0.00000363. The van der Waals surface area contributed by atoms with Crippen LogP contribution < -0.4 is 5.84 Å². The molecule has 1 aromatic rings. The molecule has 2 aliphatic heterocycles. The molecule has 2 saturated heterocycles. The third kappa shape index (κ3) is 6.43. The molecule has 0 atom stereocenters. The number of halogens is 1. The number of piperidine rings is 1. The third-order valence-electron chi connectivity index (χ3n) is 5.79. The van der Waals surface area contributed by atoms with Crippen molar-refractivity contribution in [2.45, 2.75) is 38.2 Å². The maximum Gasteiger partial charge on any atom is 0.305 e. The predicted molar refractivity (Wildman–Crippen MR) is 122 cm³/mol. The number of nitrogens with two attached hydrogens (primary N) is 1. The molecule has 0 bridgehead atoms. The lowest BCUT2D eigenvalue weighted by molar-refractivity contribution is -0.170. The number of morpholine rings is 1. The van der Waals surface area contributed by atoms with E-state index in [0.29, 0.717) is 64.0 Å². The number of ether oxygens (including phenoxy) is 2. The minimum Gasteiger partial charge on any atom is -0.466 e. The fourth-order valence-corrected chi connectivity index (χ4v) is 4.04. The quantitative estimate of drug-likeness (QED) is 0.282. The summed E-state index contributed by atoms with van der Waals surface area (Å²) in [5.41, 5.74) is 1.02. The van der Waals surface area contributed by atoms with Crippen molar-refractivity contribution in [1.29, 1.82) is 0 Å². The molecule has 0 saturated carbocycles. The molecule has 1 spiro atoms. The standard InChI is InChI=1S/C22H30N4O5.ClH/c1-2-30-20(28)4-3-11-26-16-22(31-15-19(26)27)9-12-25(13-10-22)21(29)18-7-5-17(6-8-18)14-24-23;/h5-8,14H,2-4,9-13,15-16,23H2,1H3;1H. The molecule has 2 amide bonds. The number of benzene rings is 1. The molecular weight excluding hydrogens is 436 g/mol. The van der Waals surface area contributed by atoms with E-state index in [1.165, 1.54) is 6.21 Å². The Morgan fingerprint density at radius 3 is 2.56 bits per heavy atom. The summed E-state index contributed by atoms with van der Waals surface area (Å²) in [6, 6.07) is 7.15. The van der Waals surface area contributed by atoms with Crippen molar-refractivity contribution in [3.05, 3.63) is 35.4 Å². The topological polar surface area (TPSA) is 115 Å². The highest BCUT2D eigenvalue weighted by molar-refractivity contribution is 5.95. The summed E-state index contributed by atoms with van der Waals surface area (Å²) in [7, 11) is 0. The molecule has 0 aromatic heterocycles. The van der Waals surface area contributed by atoms with Crippen LogP contribution in [-0.2, 0) is 19.1 Å². The average molecular weight is 467 g/mol. The molecular formula is C22H31ClN4O5. The van der Waals surface area contributed by atoms with Gasteiger partial charge in [-0.3, -0.25) is 14.4 Å². The second-order valence-electron chi connectivity index (χ2n) is 7.89. The molecule has 0 aliphatic carbocycles. The van der Waals surface area contributed by atoms with Crippen LogP contribution in [0.15, 0.2) is 29.4 Å². The highest BCUT2D eigenvalue weighted by atomic mass is 35.5. The van der Waals surface area contributed by atoms with Crippen LogP contribution in [0.3, 0.4) is 0 Å². The van der Waals surface area contributed by atoms with Crippen LogP contribution in [-0.4, -0.2) is 78.8 Å². The van der Waals surface area contributed by atoms with Crippen molar-refractivity contribution in [3.8, 4) is 0 Å². The van der Waals surface area contributed by atoms with E-state index in [9.17, 15) is 14.4 Å². The van der Waals surface area contributed by atoms with E-state index in [0.717, 1.165) is 5.56 Å². The number of hydrogen-bond donors (Lipinski definition) is 1. The number of hydrazone groups is 1. The van der Waals surface area contributed by atoms with E-state index in [-0.39, 0.29) is 36.8 Å². The first-order valence-corrected chi connectivity index (χ1v) is 10.7. The molecule has 2 N–H and O–H groups in total. The van der Waals surface area contributed by atoms with Gasteiger partial charge in [0.05, 0.1) is 18.4 Å². The van der Waals surface area contributed by atoms with E-state index in [2.05, 4.69) is 5.10 Å². The predicted octanol–water partition coefficient (Wildman–Crippen LogP) is 1.58. The van der Waals surface area contributed by atoms with E-state index in [1.807, 2.05) is 4.90 Å². The molecule has 10 heteroatoms. The van der Waals surface area contributed by atoms with Crippen LogP contribution in [0.1, 0.15) is 48.5 Å². The highest BCUT2D eigenvalue weighted by Crippen LogP contribution is 2.31. The lowest BCUT2D eigenvalue weighted by Gasteiger charge is -2.47. The Hall–Kier alpha value is -2.65. The molecule has 32 heavy (non-hydrogen) atoms. The average Bonchev–Trinajstić information content (AvgIpc) is 2.77. The lowest BCUT2D eigenvalue weighted by Crippen LogP contribution is -2.59. The molecule has 2 heterocycles. The van der Waals surface area contributed by atoms with Crippen molar-refractivity contribution in [2.75, 3.05) is 39.4 Å². The monoisotopic (exact) mass is 466 g/mol. The Morgan fingerprint density at radius 2 is 1.94 bits per heavy atom. The summed E-state index contributed by atoms with van der Waals surface area (Å²) in [4.78, 5) is 40.2. The first-order chi connectivity index (χ1) is 15.0. The van der Waals surface area contributed by atoms with Crippen LogP contribution >= 0.6 is 12.4 Å². The SMILES string of the molecule is CCOC(=O)CCCN1CC2(CCN(C(=O)c3ccc(C=NN)cc3)CC2)OCC1=O.Cl. The van der Waals surface area contributed by atoms with Gasteiger partial charge >= 0.3 is 5.97 Å². The van der Waals surface area contributed by atoms with Gasteiger partial charge in [-0.2, -0.15) is 5.10 Å². The second-order valence-corrected chi connectivity index (χ2v) is 7.89. The van der Waals surface area contributed by atoms with Crippen molar-refractivity contribution < 1.29 is 23.9 Å². The van der Waals surface area contributed by atoms with E-state index >= 15 is 0 Å². The van der Waals surface area contributed by atoms with Gasteiger partial charge in [-0.15, -0.1) is 12.4 Å². The second kappa shape index (κ2) is 11.8. The zero-order valence-electron chi connectivity index (χ0n) is 18.3. The zero-order chi connectivity index (χ0) is 22.3.